The lowest BCUT2D eigenvalue weighted by Crippen LogP contribution is -1.87. The van der Waals surface area contributed by atoms with Crippen molar-refractivity contribution in [2.24, 2.45) is 0 Å². The summed E-state index contributed by atoms with van der Waals surface area (Å²) in [7, 11) is 0. The van der Waals surface area contributed by atoms with E-state index in [9.17, 15) is 4.79 Å². The highest BCUT2D eigenvalue weighted by Gasteiger charge is 2.20. The Kier molecular flexibility index (Phi) is 1.95. The summed E-state index contributed by atoms with van der Waals surface area (Å²) >= 11 is 0. The third-order valence-corrected chi connectivity index (χ3v) is 4.69. The van der Waals surface area contributed by atoms with Crippen molar-refractivity contribution >= 4 is 38.6 Å². The van der Waals surface area contributed by atoms with Crippen molar-refractivity contribution in [3.05, 3.63) is 71.3 Å². The number of benzene rings is 4. The van der Waals surface area contributed by atoms with Crippen LogP contribution in [0, 0.1) is 0 Å². The second kappa shape index (κ2) is 3.70. The second-order valence-corrected chi connectivity index (χ2v) is 5.78. The van der Waals surface area contributed by atoms with Crippen molar-refractivity contribution in [1.29, 1.82) is 0 Å². The Morgan fingerprint density at radius 2 is 1.57 bits per heavy atom. The van der Waals surface area contributed by atoms with Gasteiger partial charge in [-0.15, -0.1) is 0 Å². The van der Waals surface area contributed by atoms with E-state index in [-0.39, 0.29) is 0 Å². The Bertz CT molecular complexity index is 1070. The molecule has 0 aliphatic heterocycles. The van der Waals surface area contributed by atoms with E-state index in [2.05, 4.69) is 54.6 Å². The van der Waals surface area contributed by atoms with Crippen LogP contribution in [0.3, 0.4) is 0 Å². The fourth-order valence-corrected chi connectivity index (χ4v) is 3.84. The van der Waals surface area contributed by atoms with E-state index in [1.165, 1.54) is 38.1 Å². The molecule has 0 amide bonds. The fraction of sp³-hybridized carbons (Fsp3) is 0.0500. The Labute approximate surface area is 121 Å². The molecule has 1 nitrogen and oxygen atoms in total. The molecule has 0 radical (unpaired) electrons. The lowest BCUT2D eigenvalue weighted by molar-refractivity contribution is 0.112. The minimum Gasteiger partial charge on any atom is -0.298 e. The summed E-state index contributed by atoms with van der Waals surface area (Å²) in [6.07, 6.45) is 1.95. The van der Waals surface area contributed by atoms with E-state index in [1.54, 1.807) is 0 Å². The number of fused-ring (bicyclic) bond motifs is 2. The van der Waals surface area contributed by atoms with Crippen molar-refractivity contribution < 1.29 is 4.79 Å². The monoisotopic (exact) mass is 268 g/mol. The van der Waals surface area contributed by atoms with E-state index in [1.807, 2.05) is 0 Å². The number of aldehydes is 1. The minimum atomic E-state index is 0.795. The standard InChI is InChI=1S/C20H12O/c21-11-15-10-18-16-6-2-1-4-12(16)8-14-9-13-5-3-7-17(15)19(13)20(14)18/h1-8,10-11H,9H2. The van der Waals surface area contributed by atoms with Crippen LogP contribution in [-0.2, 0) is 6.42 Å². The minimum absolute atomic E-state index is 0.795. The summed E-state index contributed by atoms with van der Waals surface area (Å²) < 4.78 is 0. The molecule has 1 heteroatoms. The zero-order chi connectivity index (χ0) is 14.0. The number of hydrogen-bond acceptors (Lipinski definition) is 1. The highest BCUT2D eigenvalue weighted by atomic mass is 16.1. The fourth-order valence-electron chi connectivity index (χ4n) is 3.84. The molecule has 0 fully saturated rings. The van der Waals surface area contributed by atoms with Crippen molar-refractivity contribution in [3.63, 3.8) is 0 Å². The molecule has 0 saturated carbocycles. The van der Waals surface area contributed by atoms with E-state index in [4.69, 9.17) is 0 Å². The molecular weight excluding hydrogens is 256 g/mol. The Hall–Kier alpha value is -2.67. The summed E-state index contributed by atoms with van der Waals surface area (Å²) in [6.45, 7) is 0. The van der Waals surface area contributed by atoms with Gasteiger partial charge < -0.3 is 0 Å². The molecule has 0 saturated heterocycles. The van der Waals surface area contributed by atoms with Crippen LogP contribution in [0.2, 0.25) is 0 Å². The molecule has 4 aromatic rings. The Morgan fingerprint density at radius 3 is 2.48 bits per heavy atom. The van der Waals surface area contributed by atoms with Crippen molar-refractivity contribution in [2.45, 2.75) is 6.42 Å². The van der Waals surface area contributed by atoms with Gasteiger partial charge in [0.15, 0.2) is 6.29 Å². The molecule has 0 atom stereocenters. The normalized spacial score (nSPS) is 12.8. The van der Waals surface area contributed by atoms with E-state index >= 15 is 0 Å². The Balaban J connectivity index is 2.17. The molecule has 0 N–H and O–H groups in total. The maximum atomic E-state index is 11.5. The predicted octanol–water partition coefficient (Wildman–Crippen LogP) is 4.86. The van der Waals surface area contributed by atoms with Gasteiger partial charge in [0.05, 0.1) is 0 Å². The first kappa shape index (κ1) is 11.0. The molecule has 0 bridgehead atoms. The molecule has 21 heavy (non-hydrogen) atoms. The third-order valence-electron chi connectivity index (χ3n) is 4.69. The molecule has 4 aromatic carbocycles. The molecule has 1 aliphatic carbocycles. The van der Waals surface area contributed by atoms with Gasteiger partial charge in [-0.25, -0.2) is 0 Å². The molecule has 0 heterocycles. The van der Waals surface area contributed by atoms with Gasteiger partial charge >= 0.3 is 0 Å². The van der Waals surface area contributed by atoms with Crippen LogP contribution in [0.15, 0.2) is 54.6 Å². The van der Waals surface area contributed by atoms with Crippen molar-refractivity contribution in [1.82, 2.24) is 0 Å². The van der Waals surface area contributed by atoms with E-state index in [0.29, 0.717) is 0 Å². The first-order chi connectivity index (χ1) is 10.4. The third kappa shape index (κ3) is 1.28. The van der Waals surface area contributed by atoms with Gasteiger partial charge in [0, 0.05) is 5.56 Å². The first-order valence-corrected chi connectivity index (χ1v) is 7.21. The SMILES string of the molecule is O=Cc1cc2c3ccccc3cc3c2c2c(cccc12)C3. The average Bonchev–Trinajstić information content (AvgIpc) is 2.90. The summed E-state index contributed by atoms with van der Waals surface area (Å²) in [4.78, 5) is 11.5. The van der Waals surface area contributed by atoms with E-state index < -0.39 is 0 Å². The largest absolute Gasteiger partial charge is 0.298 e. The van der Waals surface area contributed by atoms with Crippen LogP contribution < -0.4 is 0 Å². The second-order valence-electron chi connectivity index (χ2n) is 5.78. The van der Waals surface area contributed by atoms with Gasteiger partial charge in [-0.3, -0.25) is 4.79 Å². The van der Waals surface area contributed by atoms with Crippen LogP contribution in [0.1, 0.15) is 21.5 Å². The first-order valence-electron chi connectivity index (χ1n) is 7.21. The van der Waals surface area contributed by atoms with Crippen LogP contribution in [0.5, 0.6) is 0 Å². The number of hydrogen-bond donors (Lipinski definition) is 0. The summed E-state index contributed by atoms with van der Waals surface area (Å²) in [5, 5.41) is 7.40. The van der Waals surface area contributed by atoms with Gasteiger partial charge in [-0.1, -0.05) is 48.5 Å². The van der Waals surface area contributed by atoms with Crippen LogP contribution in [-0.4, -0.2) is 6.29 Å². The zero-order valence-corrected chi connectivity index (χ0v) is 11.4. The number of carbonyl (C=O) groups excluding carboxylic acids is 1. The summed E-state index contributed by atoms with van der Waals surface area (Å²) in [5.41, 5.74) is 3.52. The van der Waals surface area contributed by atoms with E-state index in [0.717, 1.165) is 23.7 Å². The molecule has 1 aliphatic rings. The number of carbonyl (C=O) groups is 1. The summed E-state index contributed by atoms with van der Waals surface area (Å²) in [6, 6.07) is 19.1. The molecular formula is C20H12O. The van der Waals surface area contributed by atoms with Crippen LogP contribution in [0.4, 0.5) is 0 Å². The molecule has 0 unspecified atom stereocenters. The maximum Gasteiger partial charge on any atom is 0.150 e. The lowest BCUT2D eigenvalue weighted by atomic mass is 9.94. The quantitative estimate of drug-likeness (QED) is 0.313. The average molecular weight is 268 g/mol. The topological polar surface area (TPSA) is 17.1 Å². The van der Waals surface area contributed by atoms with Crippen molar-refractivity contribution in [2.75, 3.05) is 0 Å². The van der Waals surface area contributed by atoms with Crippen LogP contribution >= 0.6 is 0 Å². The van der Waals surface area contributed by atoms with Crippen molar-refractivity contribution in [3.8, 4) is 0 Å². The maximum absolute atomic E-state index is 11.5. The molecule has 5 rings (SSSR count). The van der Waals surface area contributed by atoms with Gasteiger partial charge in [-0.2, -0.15) is 0 Å². The van der Waals surface area contributed by atoms with Gasteiger partial charge in [0.1, 0.15) is 0 Å². The predicted molar refractivity (Wildman–Crippen MR) is 87.2 cm³/mol. The molecule has 0 spiro atoms. The smallest absolute Gasteiger partial charge is 0.150 e. The summed E-state index contributed by atoms with van der Waals surface area (Å²) in [5.74, 6) is 0. The van der Waals surface area contributed by atoms with Gasteiger partial charge in [0.2, 0.25) is 0 Å². The highest BCUT2D eigenvalue weighted by molar-refractivity contribution is 6.24. The number of rotatable bonds is 1. The lowest BCUT2D eigenvalue weighted by Gasteiger charge is -2.09. The Morgan fingerprint density at radius 1 is 0.762 bits per heavy atom. The molecule has 98 valence electrons. The van der Waals surface area contributed by atoms with Gasteiger partial charge in [-0.05, 0) is 55.9 Å². The highest BCUT2D eigenvalue weighted by Crippen LogP contribution is 2.42. The van der Waals surface area contributed by atoms with Gasteiger partial charge in [0.25, 0.3) is 0 Å². The van der Waals surface area contributed by atoms with Crippen LogP contribution in [0.25, 0.3) is 32.3 Å². The zero-order valence-electron chi connectivity index (χ0n) is 11.4. The molecule has 0 aromatic heterocycles.